The molecule has 1 aliphatic carbocycles. The zero-order valence-corrected chi connectivity index (χ0v) is 9.54. The molecule has 1 atom stereocenters. The number of aryl methyl sites for hydroxylation is 1. The second-order valence-electron chi connectivity index (χ2n) is 4.17. The molecule has 1 aromatic rings. The lowest BCUT2D eigenvalue weighted by molar-refractivity contribution is -0.151. The molecule has 0 radical (unpaired) electrons. The summed E-state index contributed by atoms with van der Waals surface area (Å²) in [6.45, 7) is 0.0842. The van der Waals surface area contributed by atoms with Crippen molar-refractivity contribution in [3.63, 3.8) is 0 Å². The molecule has 0 saturated carbocycles. The van der Waals surface area contributed by atoms with E-state index in [1.54, 1.807) is 7.05 Å². The number of carboxylic acids is 1. The molecule has 0 amide bonds. The van der Waals surface area contributed by atoms with Crippen molar-refractivity contribution in [3.8, 4) is 6.01 Å². The summed E-state index contributed by atoms with van der Waals surface area (Å²) in [7, 11) is 1.64. The topological polar surface area (TPSA) is 90.1 Å². The molecule has 1 unspecified atom stereocenters. The van der Waals surface area contributed by atoms with Crippen molar-refractivity contribution in [3.05, 3.63) is 12.2 Å². The Labute approximate surface area is 98.1 Å². The highest BCUT2D eigenvalue weighted by atomic mass is 16.5. The van der Waals surface area contributed by atoms with Crippen LogP contribution in [-0.2, 0) is 11.8 Å². The number of tetrazole rings is 1. The van der Waals surface area contributed by atoms with Gasteiger partial charge in [-0.3, -0.25) is 4.79 Å². The van der Waals surface area contributed by atoms with Crippen molar-refractivity contribution in [2.24, 2.45) is 12.5 Å². The Balaban J connectivity index is 2.07. The van der Waals surface area contributed by atoms with Crippen LogP contribution in [0.5, 0.6) is 6.01 Å². The fraction of sp³-hybridized carbons (Fsp3) is 0.600. The molecule has 7 nitrogen and oxygen atoms in total. The van der Waals surface area contributed by atoms with Crippen LogP contribution in [0.25, 0.3) is 0 Å². The summed E-state index contributed by atoms with van der Waals surface area (Å²) in [4.78, 5) is 11.3. The van der Waals surface area contributed by atoms with Gasteiger partial charge in [-0.2, -0.15) is 4.68 Å². The van der Waals surface area contributed by atoms with Crippen LogP contribution in [0.15, 0.2) is 12.2 Å². The Kier molecular flexibility index (Phi) is 3.08. The van der Waals surface area contributed by atoms with Crippen LogP contribution in [0.2, 0.25) is 0 Å². The number of nitrogens with zero attached hydrogens (tertiary/aromatic N) is 4. The van der Waals surface area contributed by atoms with E-state index in [0.717, 1.165) is 6.42 Å². The van der Waals surface area contributed by atoms with Gasteiger partial charge < -0.3 is 9.84 Å². The highest BCUT2D eigenvalue weighted by Crippen LogP contribution is 2.33. The molecular weight excluding hydrogens is 224 g/mol. The molecule has 17 heavy (non-hydrogen) atoms. The molecule has 1 N–H and O–H groups in total. The van der Waals surface area contributed by atoms with E-state index < -0.39 is 11.4 Å². The molecule has 0 aliphatic heterocycles. The fourth-order valence-electron chi connectivity index (χ4n) is 1.82. The van der Waals surface area contributed by atoms with Gasteiger partial charge >= 0.3 is 12.0 Å². The second kappa shape index (κ2) is 4.52. The maximum atomic E-state index is 11.3. The van der Waals surface area contributed by atoms with Crippen molar-refractivity contribution in [1.29, 1.82) is 0 Å². The normalized spacial score (nSPS) is 23.6. The van der Waals surface area contributed by atoms with E-state index in [9.17, 15) is 9.90 Å². The van der Waals surface area contributed by atoms with Gasteiger partial charge in [-0.15, -0.1) is 0 Å². The highest BCUT2D eigenvalue weighted by Gasteiger charge is 2.39. The van der Waals surface area contributed by atoms with Gasteiger partial charge in [-0.05, 0) is 29.7 Å². The molecule has 2 rings (SSSR count). The van der Waals surface area contributed by atoms with E-state index in [1.165, 1.54) is 4.68 Å². The van der Waals surface area contributed by atoms with E-state index in [2.05, 4.69) is 15.5 Å². The van der Waals surface area contributed by atoms with Gasteiger partial charge in [0.25, 0.3) is 0 Å². The van der Waals surface area contributed by atoms with Gasteiger partial charge in [0.05, 0.1) is 0 Å². The zero-order valence-electron chi connectivity index (χ0n) is 9.54. The number of hydrogen-bond donors (Lipinski definition) is 1. The smallest absolute Gasteiger partial charge is 0.335 e. The number of carbonyl (C=O) groups is 1. The summed E-state index contributed by atoms with van der Waals surface area (Å²) < 4.78 is 6.76. The summed E-state index contributed by atoms with van der Waals surface area (Å²) in [5, 5.41) is 20.0. The first-order valence-electron chi connectivity index (χ1n) is 5.38. The van der Waals surface area contributed by atoms with Crippen LogP contribution >= 0.6 is 0 Å². The summed E-state index contributed by atoms with van der Waals surface area (Å²) in [6, 6.07) is 0.236. The first-order valence-corrected chi connectivity index (χ1v) is 5.38. The van der Waals surface area contributed by atoms with Gasteiger partial charge in [0.1, 0.15) is 12.0 Å². The molecule has 0 aromatic carbocycles. The third-order valence-corrected chi connectivity index (χ3v) is 2.98. The number of aromatic nitrogens is 4. The van der Waals surface area contributed by atoms with E-state index >= 15 is 0 Å². The first kappa shape index (κ1) is 11.6. The van der Waals surface area contributed by atoms with Crippen molar-refractivity contribution >= 4 is 5.97 Å². The number of allylic oxidation sites excluding steroid dienone is 2. The predicted molar refractivity (Wildman–Crippen MR) is 57.4 cm³/mol. The molecule has 0 spiro atoms. The Morgan fingerprint density at radius 2 is 2.47 bits per heavy atom. The highest BCUT2D eigenvalue weighted by molar-refractivity contribution is 5.75. The number of aliphatic carboxylic acids is 1. The molecule has 1 heterocycles. The monoisotopic (exact) mass is 238 g/mol. The lowest BCUT2D eigenvalue weighted by Crippen LogP contribution is -2.38. The van der Waals surface area contributed by atoms with Gasteiger partial charge in [-0.1, -0.05) is 17.3 Å². The molecular formula is C10H14N4O3. The van der Waals surface area contributed by atoms with Gasteiger partial charge in [-0.25, -0.2) is 0 Å². The SMILES string of the molecule is Cn1nnnc1OCC1(C(=O)O)CC=CCC1. The molecule has 0 saturated heterocycles. The average Bonchev–Trinajstić information content (AvgIpc) is 2.73. The summed E-state index contributed by atoms with van der Waals surface area (Å²) in [5.74, 6) is -0.836. The molecule has 0 fully saturated rings. The summed E-state index contributed by atoms with van der Waals surface area (Å²) in [5.41, 5.74) is -0.860. The molecule has 92 valence electrons. The van der Waals surface area contributed by atoms with E-state index in [4.69, 9.17) is 4.74 Å². The molecule has 1 aromatic heterocycles. The number of hydrogen-bond acceptors (Lipinski definition) is 5. The maximum Gasteiger partial charge on any atom is 0.335 e. The number of rotatable bonds is 4. The van der Waals surface area contributed by atoms with Crippen molar-refractivity contribution in [2.75, 3.05) is 6.61 Å². The second-order valence-corrected chi connectivity index (χ2v) is 4.17. The van der Waals surface area contributed by atoms with E-state index in [1.807, 2.05) is 12.2 Å². The van der Waals surface area contributed by atoms with E-state index in [-0.39, 0.29) is 12.6 Å². The molecule has 7 heteroatoms. The van der Waals surface area contributed by atoms with Crippen LogP contribution in [0.3, 0.4) is 0 Å². The van der Waals surface area contributed by atoms with Gasteiger partial charge in [0.2, 0.25) is 0 Å². The summed E-state index contributed by atoms with van der Waals surface area (Å²) in [6.07, 6.45) is 5.69. The van der Waals surface area contributed by atoms with Crippen molar-refractivity contribution in [1.82, 2.24) is 20.2 Å². The van der Waals surface area contributed by atoms with Crippen LogP contribution in [0.1, 0.15) is 19.3 Å². The number of carboxylic acid groups (broad SMARTS) is 1. The largest absolute Gasteiger partial charge is 0.481 e. The van der Waals surface area contributed by atoms with Crippen LogP contribution in [0, 0.1) is 5.41 Å². The van der Waals surface area contributed by atoms with E-state index in [0.29, 0.717) is 12.8 Å². The lowest BCUT2D eigenvalue weighted by Gasteiger charge is -2.29. The Morgan fingerprint density at radius 3 is 3.00 bits per heavy atom. The Hall–Kier alpha value is -1.92. The van der Waals surface area contributed by atoms with Crippen LogP contribution in [0.4, 0.5) is 0 Å². The number of ether oxygens (including phenoxy) is 1. The third kappa shape index (κ3) is 2.27. The molecule has 1 aliphatic rings. The van der Waals surface area contributed by atoms with Gasteiger partial charge in [0, 0.05) is 7.05 Å². The maximum absolute atomic E-state index is 11.3. The first-order chi connectivity index (χ1) is 8.14. The average molecular weight is 238 g/mol. The minimum atomic E-state index is -0.860. The van der Waals surface area contributed by atoms with Crippen molar-refractivity contribution in [2.45, 2.75) is 19.3 Å². The minimum Gasteiger partial charge on any atom is -0.481 e. The summed E-state index contributed by atoms with van der Waals surface area (Å²) >= 11 is 0. The van der Waals surface area contributed by atoms with Gasteiger partial charge in [0.15, 0.2) is 0 Å². The minimum absolute atomic E-state index is 0.0842. The van der Waals surface area contributed by atoms with Crippen LogP contribution < -0.4 is 4.74 Å². The Morgan fingerprint density at radius 1 is 1.65 bits per heavy atom. The zero-order chi connectivity index (χ0) is 12.3. The lowest BCUT2D eigenvalue weighted by atomic mass is 9.78. The van der Waals surface area contributed by atoms with Crippen molar-refractivity contribution < 1.29 is 14.6 Å². The Bertz CT molecular complexity index is 443. The standard InChI is InChI=1S/C10H14N4O3/c1-14-9(11-12-13-14)17-7-10(8(15)16)5-3-2-4-6-10/h2-3H,4-7H2,1H3,(H,15,16). The molecule has 0 bridgehead atoms. The predicted octanol–water partition coefficient (Wildman–Crippen LogP) is 0.400. The van der Waals surface area contributed by atoms with Crippen LogP contribution in [-0.4, -0.2) is 37.9 Å². The quantitative estimate of drug-likeness (QED) is 0.763. The third-order valence-electron chi connectivity index (χ3n) is 2.98. The fourth-order valence-corrected chi connectivity index (χ4v) is 1.82.